The lowest BCUT2D eigenvalue weighted by Gasteiger charge is -2.23. The second kappa shape index (κ2) is 4.87. The molecular formula is C12H18N2O3. The van der Waals surface area contributed by atoms with E-state index in [0.717, 1.165) is 12.8 Å². The van der Waals surface area contributed by atoms with Crippen LogP contribution in [-0.4, -0.2) is 30.1 Å². The standard InChI is InChI=1S/C12H18N2O3/c13-4-1-5-14-11(15)9-7-2-3-8(6-7)10(9)12(16)17/h2-3,7-10H,1,4-6,13H2,(H,14,15)(H,16,17). The zero-order valence-electron chi connectivity index (χ0n) is 9.63. The van der Waals surface area contributed by atoms with Gasteiger partial charge >= 0.3 is 5.97 Å². The molecule has 5 heteroatoms. The van der Waals surface area contributed by atoms with Crippen molar-refractivity contribution in [2.45, 2.75) is 12.8 Å². The van der Waals surface area contributed by atoms with E-state index in [1.807, 2.05) is 12.2 Å². The molecule has 0 aliphatic heterocycles. The van der Waals surface area contributed by atoms with E-state index in [9.17, 15) is 14.7 Å². The Kier molecular flexibility index (Phi) is 3.47. The van der Waals surface area contributed by atoms with Gasteiger partial charge in [0.15, 0.2) is 0 Å². The summed E-state index contributed by atoms with van der Waals surface area (Å²) in [5.74, 6) is -1.83. The molecule has 1 amide bonds. The number of aliphatic carboxylic acids is 1. The van der Waals surface area contributed by atoms with E-state index in [2.05, 4.69) is 5.32 Å². The lowest BCUT2D eigenvalue weighted by Crippen LogP contribution is -2.40. The van der Waals surface area contributed by atoms with Gasteiger partial charge in [-0.3, -0.25) is 9.59 Å². The third-order valence-corrected chi connectivity index (χ3v) is 3.73. The van der Waals surface area contributed by atoms with Crippen molar-refractivity contribution < 1.29 is 14.7 Å². The largest absolute Gasteiger partial charge is 0.481 e. The molecule has 0 aromatic heterocycles. The van der Waals surface area contributed by atoms with Crippen molar-refractivity contribution in [1.82, 2.24) is 5.32 Å². The molecule has 5 nitrogen and oxygen atoms in total. The van der Waals surface area contributed by atoms with Crippen LogP contribution in [0, 0.1) is 23.7 Å². The maximum Gasteiger partial charge on any atom is 0.307 e. The summed E-state index contributed by atoms with van der Waals surface area (Å²) in [6.07, 6.45) is 5.44. The lowest BCUT2D eigenvalue weighted by atomic mass is 9.82. The van der Waals surface area contributed by atoms with Gasteiger partial charge in [0.1, 0.15) is 0 Å². The van der Waals surface area contributed by atoms with Gasteiger partial charge in [-0.2, -0.15) is 0 Å². The molecule has 2 aliphatic rings. The van der Waals surface area contributed by atoms with Gasteiger partial charge in [-0.1, -0.05) is 12.2 Å². The molecular weight excluding hydrogens is 220 g/mol. The molecule has 1 saturated carbocycles. The van der Waals surface area contributed by atoms with Gasteiger partial charge in [0, 0.05) is 6.54 Å². The van der Waals surface area contributed by atoms with Gasteiger partial charge in [0.05, 0.1) is 11.8 Å². The Balaban J connectivity index is 2.01. The first-order chi connectivity index (χ1) is 8.15. The Labute approximate surface area is 100 Å². The van der Waals surface area contributed by atoms with Crippen LogP contribution in [0.15, 0.2) is 12.2 Å². The summed E-state index contributed by atoms with van der Waals surface area (Å²) in [5.41, 5.74) is 5.35. The van der Waals surface area contributed by atoms with Crippen LogP contribution < -0.4 is 11.1 Å². The number of carbonyl (C=O) groups excluding carboxylic acids is 1. The highest BCUT2D eigenvalue weighted by molar-refractivity contribution is 5.86. The molecule has 0 heterocycles. The highest BCUT2D eigenvalue weighted by atomic mass is 16.4. The van der Waals surface area contributed by atoms with E-state index in [1.54, 1.807) is 0 Å². The quantitative estimate of drug-likeness (QED) is 0.463. The first-order valence-corrected chi connectivity index (χ1v) is 6.04. The van der Waals surface area contributed by atoms with Crippen molar-refractivity contribution in [3.05, 3.63) is 12.2 Å². The maximum absolute atomic E-state index is 12.0. The van der Waals surface area contributed by atoms with Gasteiger partial charge in [-0.05, 0) is 31.2 Å². The second-order valence-electron chi connectivity index (χ2n) is 4.77. The summed E-state index contributed by atoms with van der Waals surface area (Å²) >= 11 is 0. The summed E-state index contributed by atoms with van der Waals surface area (Å²) in [7, 11) is 0. The number of amides is 1. The number of hydrogen-bond donors (Lipinski definition) is 3. The van der Waals surface area contributed by atoms with E-state index in [-0.39, 0.29) is 17.7 Å². The number of nitrogens with one attached hydrogen (secondary N) is 1. The van der Waals surface area contributed by atoms with Gasteiger partial charge in [-0.15, -0.1) is 0 Å². The van der Waals surface area contributed by atoms with E-state index in [0.29, 0.717) is 13.1 Å². The van der Waals surface area contributed by atoms with Crippen LogP contribution in [0.5, 0.6) is 0 Å². The normalized spacial score (nSPS) is 33.9. The van der Waals surface area contributed by atoms with Crippen LogP contribution in [0.1, 0.15) is 12.8 Å². The van der Waals surface area contributed by atoms with Crippen molar-refractivity contribution in [3.63, 3.8) is 0 Å². The topological polar surface area (TPSA) is 92.4 Å². The Morgan fingerprint density at radius 1 is 1.29 bits per heavy atom. The number of carbonyl (C=O) groups is 2. The van der Waals surface area contributed by atoms with Crippen molar-refractivity contribution in [2.75, 3.05) is 13.1 Å². The Morgan fingerprint density at radius 3 is 2.53 bits per heavy atom. The number of allylic oxidation sites excluding steroid dienone is 2. The molecule has 0 spiro atoms. The Hall–Kier alpha value is -1.36. The summed E-state index contributed by atoms with van der Waals surface area (Å²) < 4.78 is 0. The van der Waals surface area contributed by atoms with Gasteiger partial charge in [0.2, 0.25) is 5.91 Å². The molecule has 2 rings (SSSR count). The van der Waals surface area contributed by atoms with E-state index >= 15 is 0 Å². The van der Waals surface area contributed by atoms with Gasteiger partial charge < -0.3 is 16.2 Å². The molecule has 17 heavy (non-hydrogen) atoms. The van der Waals surface area contributed by atoms with Crippen molar-refractivity contribution in [1.29, 1.82) is 0 Å². The van der Waals surface area contributed by atoms with Crippen molar-refractivity contribution in [3.8, 4) is 0 Å². The van der Waals surface area contributed by atoms with Crippen LogP contribution in [0.3, 0.4) is 0 Å². The van der Waals surface area contributed by atoms with Crippen molar-refractivity contribution in [2.24, 2.45) is 29.4 Å². The van der Waals surface area contributed by atoms with E-state index in [1.165, 1.54) is 0 Å². The van der Waals surface area contributed by atoms with E-state index in [4.69, 9.17) is 5.73 Å². The zero-order chi connectivity index (χ0) is 12.4. The van der Waals surface area contributed by atoms with Gasteiger partial charge in [-0.25, -0.2) is 0 Å². The first-order valence-electron chi connectivity index (χ1n) is 6.04. The smallest absolute Gasteiger partial charge is 0.307 e. The second-order valence-corrected chi connectivity index (χ2v) is 4.77. The molecule has 4 atom stereocenters. The highest BCUT2D eigenvalue weighted by Crippen LogP contribution is 2.48. The fourth-order valence-electron chi connectivity index (χ4n) is 2.95. The maximum atomic E-state index is 12.0. The molecule has 0 radical (unpaired) electrons. The summed E-state index contributed by atoms with van der Waals surface area (Å²) in [6, 6.07) is 0. The van der Waals surface area contributed by atoms with Crippen LogP contribution in [0.2, 0.25) is 0 Å². The molecule has 2 aliphatic carbocycles. The summed E-state index contributed by atoms with van der Waals surface area (Å²) in [5, 5.41) is 12.0. The SMILES string of the molecule is NCCCNC(=O)C1C2C=CC(C2)C1C(=O)O. The Morgan fingerprint density at radius 2 is 1.94 bits per heavy atom. The minimum Gasteiger partial charge on any atom is -0.481 e. The highest BCUT2D eigenvalue weighted by Gasteiger charge is 2.51. The fraction of sp³-hybridized carbons (Fsp3) is 0.667. The molecule has 4 N–H and O–H groups in total. The first kappa shape index (κ1) is 12.1. The third kappa shape index (κ3) is 2.20. The number of carboxylic acid groups (broad SMARTS) is 1. The molecule has 0 saturated heterocycles. The molecule has 0 aromatic carbocycles. The predicted molar refractivity (Wildman–Crippen MR) is 62.0 cm³/mol. The fourth-order valence-corrected chi connectivity index (χ4v) is 2.95. The molecule has 4 unspecified atom stereocenters. The lowest BCUT2D eigenvalue weighted by molar-refractivity contribution is -0.147. The van der Waals surface area contributed by atoms with Crippen LogP contribution in [0.25, 0.3) is 0 Å². The molecule has 0 aromatic rings. The van der Waals surface area contributed by atoms with Crippen molar-refractivity contribution >= 4 is 11.9 Å². The Bertz CT molecular complexity index is 354. The average molecular weight is 238 g/mol. The predicted octanol–water partition coefficient (Wildman–Crippen LogP) is -0.0257. The number of carboxylic acids is 1. The third-order valence-electron chi connectivity index (χ3n) is 3.73. The minimum absolute atomic E-state index is 0.0303. The van der Waals surface area contributed by atoms with Crippen LogP contribution in [-0.2, 0) is 9.59 Å². The average Bonchev–Trinajstić information content (AvgIpc) is 2.88. The minimum atomic E-state index is -0.860. The van der Waals surface area contributed by atoms with Crippen LogP contribution in [0.4, 0.5) is 0 Å². The number of hydrogen-bond acceptors (Lipinski definition) is 3. The zero-order valence-corrected chi connectivity index (χ0v) is 9.63. The number of fused-ring (bicyclic) bond motifs is 2. The van der Waals surface area contributed by atoms with Gasteiger partial charge in [0.25, 0.3) is 0 Å². The summed E-state index contributed by atoms with van der Waals surface area (Å²) in [6.45, 7) is 1.05. The molecule has 2 bridgehead atoms. The molecule has 1 fully saturated rings. The molecule has 94 valence electrons. The van der Waals surface area contributed by atoms with Crippen LogP contribution >= 0.6 is 0 Å². The number of nitrogens with two attached hydrogens (primary N) is 1. The summed E-state index contributed by atoms with van der Waals surface area (Å²) in [4.78, 5) is 23.2. The number of rotatable bonds is 5. The van der Waals surface area contributed by atoms with E-state index < -0.39 is 17.8 Å². The monoisotopic (exact) mass is 238 g/mol.